The van der Waals surface area contributed by atoms with Crippen LogP contribution in [0.1, 0.15) is 11.1 Å². The zero-order valence-corrected chi connectivity index (χ0v) is 12.9. The van der Waals surface area contributed by atoms with Crippen molar-refractivity contribution >= 4 is 23.2 Å². The van der Waals surface area contributed by atoms with E-state index in [2.05, 4.69) is 11.1 Å². The number of benzene rings is 1. The summed E-state index contributed by atoms with van der Waals surface area (Å²) in [6, 6.07) is 10.0. The first-order valence-electron chi connectivity index (χ1n) is 6.50. The van der Waals surface area contributed by atoms with E-state index in [-0.39, 0.29) is 0 Å². The molecular formula is C16H17Cl2NO. The fourth-order valence-electron chi connectivity index (χ4n) is 2.19. The van der Waals surface area contributed by atoms with Crippen LogP contribution in [-0.4, -0.2) is 18.0 Å². The number of hydrogen-bond donors (Lipinski definition) is 0. The molecule has 2 rings (SSSR count). The average molecular weight is 310 g/mol. The maximum atomic E-state index is 6.15. The highest BCUT2D eigenvalue weighted by atomic mass is 35.5. The van der Waals surface area contributed by atoms with Crippen molar-refractivity contribution in [3.63, 3.8) is 0 Å². The third kappa shape index (κ3) is 4.12. The summed E-state index contributed by atoms with van der Waals surface area (Å²) >= 11 is 12.3. The van der Waals surface area contributed by atoms with E-state index >= 15 is 0 Å². The molecule has 0 fully saturated rings. The van der Waals surface area contributed by atoms with Gasteiger partial charge in [0, 0.05) is 18.3 Å². The summed E-state index contributed by atoms with van der Waals surface area (Å²) in [7, 11) is 1.68. The van der Waals surface area contributed by atoms with E-state index in [4.69, 9.17) is 27.9 Å². The Morgan fingerprint density at radius 2 is 2.10 bits per heavy atom. The van der Waals surface area contributed by atoms with Crippen LogP contribution >= 0.6 is 23.2 Å². The molecule has 0 bridgehead atoms. The largest absolute Gasteiger partial charge is 0.497 e. The number of pyridine rings is 1. The van der Waals surface area contributed by atoms with Crippen molar-refractivity contribution in [3.05, 3.63) is 58.9 Å². The van der Waals surface area contributed by atoms with Gasteiger partial charge in [0.25, 0.3) is 0 Å². The Labute approximate surface area is 129 Å². The minimum absolute atomic E-state index is 0.337. The summed E-state index contributed by atoms with van der Waals surface area (Å²) in [5, 5.41) is 0.702. The van der Waals surface area contributed by atoms with Gasteiger partial charge in [-0.2, -0.15) is 0 Å². The normalized spacial score (nSPS) is 12.2. The molecule has 0 N–H and O–H groups in total. The maximum absolute atomic E-state index is 6.15. The third-order valence-corrected chi connectivity index (χ3v) is 4.02. The highest BCUT2D eigenvalue weighted by molar-refractivity contribution is 6.31. The summed E-state index contributed by atoms with van der Waals surface area (Å²) in [6.07, 6.45) is 5.19. The Morgan fingerprint density at radius 1 is 1.25 bits per heavy atom. The Balaban J connectivity index is 2.07. The van der Waals surface area contributed by atoms with Gasteiger partial charge in [0.05, 0.1) is 12.1 Å². The molecule has 0 radical (unpaired) electrons. The second-order valence-electron chi connectivity index (χ2n) is 4.75. The molecule has 0 saturated carbocycles. The Hall–Kier alpha value is -1.25. The molecule has 2 aromatic rings. The van der Waals surface area contributed by atoms with Crippen LogP contribution in [0.5, 0.6) is 5.75 Å². The lowest BCUT2D eigenvalue weighted by molar-refractivity contribution is 0.414. The Kier molecular flexibility index (Phi) is 5.69. The van der Waals surface area contributed by atoms with Gasteiger partial charge in [0.1, 0.15) is 5.75 Å². The summed E-state index contributed by atoms with van der Waals surface area (Å²) < 4.78 is 5.25. The first-order chi connectivity index (χ1) is 9.72. The smallest absolute Gasteiger partial charge is 0.119 e. The molecule has 2 nitrogen and oxygen atoms in total. The lowest BCUT2D eigenvalue weighted by Crippen LogP contribution is -2.10. The van der Waals surface area contributed by atoms with Crippen LogP contribution in [-0.2, 0) is 12.8 Å². The van der Waals surface area contributed by atoms with Gasteiger partial charge in [0.15, 0.2) is 0 Å². The van der Waals surface area contributed by atoms with Crippen LogP contribution in [0.15, 0.2) is 42.7 Å². The highest BCUT2D eigenvalue weighted by Crippen LogP contribution is 2.22. The molecule has 1 atom stereocenters. The summed E-state index contributed by atoms with van der Waals surface area (Å²) in [6.45, 7) is 0. The highest BCUT2D eigenvalue weighted by Gasteiger charge is 2.12. The van der Waals surface area contributed by atoms with Crippen LogP contribution < -0.4 is 4.74 Å². The van der Waals surface area contributed by atoms with Gasteiger partial charge >= 0.3 is 0 Å². The van der Waals surface area contributed by atoms with Gasteiger partial charge in [-0.3, -0.25) is 4.98 Å². The van der Waals surface area contributed by atoms with E-state index < -0.39 is 0 Å². The van der Waals surface area contributed by atoms with Crippen LogP contribution in [0, 0.1) is 5.92 Å². The molecule has 0 amide bonds. The van der Waals surface area contributed by atoms with Crippen molar-refractivity contribution in [1.29, 1.82) is 0 Å². The van der Waals surface area contributed by atoms with E-state index in [1.807, 2.05) is 24.3 Å². The number of hydrogen-bond acceptors (Lipinski definition) is 2. The number of alkyl halides is 1. The molecule has 106 valence electrons. The van der Waals surface area contributed by atoms with Crippen molar-refractivity contribution in [3.8, 4) is 5.75 Å². The third-order valence-electron chi connectivity index (χ3n) is 3.24. The number of ether oxygens (including phenoxy) is 1. The second kappa shape index (κ2) is 7.51. The number of halogens is 2. The molecule has 0 aliphatic rings. The molecular weight excluding hydrogens is 293 g/mol. The first kappa shape index (κ1) is 15.1. The summed E-state index contributed by atoms with van der Waals surface area (Å²) in [5.41, 5.74) is 2.32. The van der Waals surface area contributed by atoms with Gasteiger partial charge in [0.2, 0.25) is 0 Å². The second-order valence-corrected chi connectivity index (χ2v) is 5.46. The molecule has 1 unspecified atom stereocenters. The van der Waals surface area contributed by atoms with E-state index in [1.54, 1.807) is 19.5 Å². The van der Waals surface area contributed by atoms with Gasteiger partial charge in [-0.25, -0.2) is 0 Å². The standard InChI is InChI=1S/C16H17Cl2NO/c1-20-15-4-2-3-12(9-15)7-13(10-17)8-14-5-6-19-11-16(14)18/h2-6,9,11,13H,7-8,10H2,1H3. The zero-order chi connectivity index (χ0) is 14.4. The number of nitrogens with zero attached hydrogens (tertiary/aromatic N) is 1. The topological polar surface area (TPSA) is 22.1 Å². The van der Waals surface area contributed by atoms with Gasteiger partial charge in [-0.15, -0.1) is 11.6 Å². The SMILES string of the molecule is COc1cccc(CC(CCl)Cc2ccncc2Cl)c1. The van der Waals surface area contributed by atoms with Crippen molar-refractivity contribution in [2.45, 2.75) is 12.8 Å². The van der Waals surface area contributed by atoms with Crippen molar-refractivity contribution in [1.82, 2.24) is 4.98 Å². The van der Waals surface area contributed by atoms with Gasteiger partial charge in [-0.1, -0.05) is 23.7 Å². The molecule has 1 aromatic carbocycles. The van der Waals surface area contributed by atoms with E-state index in [0.29, 0.717) is 16.8 Å². The van der Waals surface area contributed by atoms with E-state index in [1.165, 1.54) is 5.56 Å². The van der Waals surface area contributed by atoms with Crippen molar-refractivity contribution in [2.75, 3.05) is 13.0 Å². The van der Waals surface area contributed by atoms with Gasteiger partial charge in [-0.05, 0) is 48.1 Å². The van der Waals surface area contributed by atoms with Gasteiger partial charge < -0.3 is 4.74 Å². The number of aromatic nitrogens is 1. The summed E-state index contributed by atoms with van der Waals surface area (Å²) in [5.74, 6) is 1.80. The Bertz CT molecular complexity index is 560. The van der Waals surface area contributed by atoms with Crippen molar-refractivity contribution in [2.24, 2.45) is 5.92 Å². The minimum Gasteiger partial charge on any atom is -0.497 e. The van der Waals surface area contributed by atoms with Crippen LogP contribution in [0.25, 0.3) is 0 Å². The molecule has 1 heterocycles. The van der Waals surface area contributed by atoms with E-state index in [0.717, 1.165) is 24.2 Å². The monoisotopic (exact) mass is 309 g/mol. The molecule has 0 aliphatic carbocycles. The Morgan fingerprint density at radius 3 is 2.80 bits per heavy atom. The average Bonchev–Trinajstić information content (AvgIpc) is 2.49. The zero-order valence-electron chi connectivity index (χ0n) is 11.4. The van der Waals surface area contributed by atoms with E-state index in [9.17, 15) is 0 Å². The van der Waals surface area contributed by atoms with Crippen LogP contribution in [0.3, 0.4) is 0 Å². The lowest BCUT2D eigenvalue weighted by atomic mass is 9.94. The summed E-state index contributed by atoms with van der Waals surface area (Å²) in [4.78, 5) is 4.00. The quantitative estimate of drug-likeness (QED) is 0.739. The minimum atomic E-state index is 0.337. The van der Waals surface area contributed by atoms with Crippen LogP contribution in [0.2, 0.25) is 5.02 Å². The molecule has 1 aromatic heterocycles. The number of rotatable bonds is 6. The van der Waals surface area contributed by atoms with Crippen LogP contribution in [0.4, 0.5) is 0 Å². The lowest BCUT2D eigenvalue weighted by Gasteiger charge is -2.15. The molecule has 4 heteroatoms. The predicted octanol–water partition coefficient (Wildman–Crippen LogP) is 4.38. The van der Waals surface area contributed by atoms with Crippen molar-refractivity contribution < 1.29 is 4.74 Å². The molecule has 0 saturated heterocycles. The maximum Gasteiger partial charge on any atom is 0.119 e. The molecule has 20 heavy (non-hydrogen) atoms. The number of methoxy groups -OCH3 is 1. The fourth-order valence-corrected chi connectivity index (χ4v) is 2.61. The molecule has 0 spiro atoms. The first-order valence-corrected chi connectivity index (χ1v) is 7.41. The predicted molar refractivity (Wildman–Crippen MR) is 83.9 cm³/mol. The molecule has 0 aliphatic heterocycles. The fraction of sp³-hybridized carbons (Fsp3) is 0.312.